The van der Waals surface area contributed by atoms with Gasteiger partial charge in [-0.25, -0.2) is 4.98 Å². The first-order valence-corrected chi connectivity index (χ1v) is 8.07. The number of rotatable bonds is 3. The maximum Gasteiger partial charge on any atom is 0.156 e. The molecule has 0 saturated heterocycles. The smallest absolute Gasteiger partial charge is 0.156 e. The van der Waals surface area contributed by atoms with Crippen molar-refractivity contribution in [2.45, 2.75) is 4.34 Å². The molecule has 1 aromatic heterocycles. The fourth-order valence-corrected chi connectivity index (χ4v) is 3.85. The van der Waals surface area contributed by atoms with Crippen LogP contribution in [0.15, 0.2) is 57.8 Å². The number of benzene rings is 2. The third kappa shape index (κ3) is 3.17. The molecule has 0 amide bonds. The van der Waals surface area contributed by atoms with Gasteiger partial charge in [-0.15, -0.1) is 11.3 Å². The standard InChI is InChI=1S/C17H9N3S2/c18-10-13-7-5-12(6-8-13)9-14(11-19)21-17-20-15-3-1-2-4-16(15)22-17/h1-9H. The SMILES string of the molecule is N#CC(=Cc1ccc(C#N)cc1)Sc1nc2ccccc2s1. The molecule has 2 aromatic carbocycles. The van der Waals surface area contributed by atoms with Crippen molar-refractivity contribution in [2.75, 3.05) is 0 Å². The third-order valence-electron chi connectivity index (χ3n) is 2.92. The lowest BCUT2D eigenvalue weighted by Gasteiger charge is -1.96. The van der Waals surface area contributed by atoms with E-state index in [2.05, 4.69) is 17.1 Å². The van der Waals surface area contributed by atoms with E-state index in [1.165, 1.54) is 11.8 Å². The molecule has 104 valence electrons. The van der Waals surface area contributed by atoms with Crippen molar-refractivity contribution in [1.82, 2.24) is 4.98 Å². The van der Waals surface area contributed by atoms with E-state index in [-0.39, 0.29) is 0 Å². The van der Waals surface area contributed by atoms with Crippen LogP contribution in [0.5, 0.6) is 0 Å². The van der Waals surface area contributed by atoms with Gasteiger partial charge in [0, 0.05) is 0 Å². The molecule has 0 N–H and O–H groups in total. The molecule has 0 aliphatic heterocycles. The second kappa shape index (κ2) is 6.44. The summed E-state index contributed by atoms with van der Waals surface area (Å²) in [7, 11) is 0. The van der Waals surface area contributed by atoms with E-state index in [0.717, 1.165) is 20.1 Å². The molecular formula is C17H9N3S2. The number of thioether (sulfide) groups is 1. The van der Waals surface area contributed by atoms with E-state index in [0.29, 0.717) is 10.5 Å². The van der Waals surface area contributed by atoms with Crippen LogP contribution < -0.4 is 0 Å². The van der Waals surface area contributed by atoms with E-state index >= 15 is 0 Å². The molecule has 0 fully saturated rings. The van der Waals surface area contributed by atoms with Crippen LogP contribution in [0, 0.1) is 22.7 Å². The van der Waals surface area contributed by atoms with Crippen LogP contribution in [0.2, 0.25) is 0 Å². The number of thiazole rings is 1. The zero-order valence-corrected chi connectivity index (χ0v) is 13.0. The Bertz CT molecular complexity index is 892. The highest BCUT2D eigenvalue weighted by Gasteiger charge is 2.07. The fourth-order valence-electron chi connectivity index (χ4n) is 1.88. The Hall–Kier alpha value is -2.60. The van der Waals surface area contributed by atoms with Crippen LogP contribution in [0.4, 0.5) is 0 Å². The summed E-state index contributed by atoms with van der Waals surface area (Å²) in [6.45, 7) is 0. The zero-order valence-electron chi connectivity index (χ0n) is 11.4. The summed E-state index contributed by atoms with van der Waals surface area (Å²) in [5.74, 6) is 0. The number of fused-ring (bicyclic) bond motifs is 1. The van der Waals surface area contributed by atoms with Gasteiger partial charge in [-0.05, 0) is 47.7 Å². The van der Waals surface area contributed by atoms with Crippen molar-refractivity contribution in [3.8, 4) is 12.1 Å². The van der Waals surface area contributed by atoms with E-state index in [4.69, 9.17) is 5.26 Å². The van der Waals surface area contributed by atoms with Gasteiger partial charge in [0.05, 0.1) is 26.8 Å². The summed E-state index contributed by atoms with van der Waals surface area (Å²) < 4.78 is 1.96. The molecule has 3 rings (SSSR count). The predicted molar refractivity (Wildman–Crippen MR) is 90.2 cm³/mol. The zero-order chi connectivity index (χ0) is 15.4. The number of nitriles is 2. The summed E-state index contributed by atoms with van der Waals surface area (Å²) >= 11 is 2.94. The summed E-state index contributed by atoms with van der Waals surface area (Å²) in [4.78, 5) is 5.09. The minimum atomic E-state index is 0.573. The predicted octanol–water partition coefficient (Wildman–Crippen LogP) is 4.82. The first-order chi connectivity index (χ1) is 10.8. The van der Waals surface area contributed by atoms with E-state index in [1.807, 2.05) is 36.4 Å². The highest BCUT2D eigenvalue weighted by atomic mass is 32.2. The number of allylic oxidation sites excluding steroid dienone is 1. The Balaban J connectivity index is 1.86. The Labute approximate surface area is 136 Å². The molecule has 0 spiro atoms. The number of hydrogen-bond acceptors (Lipinski definition) is 5. The molecule has 0 atom stereocenters. The minimum absolute atomic E-state index is 0.573. The lowest BCUT2D eigenvalue weighted by atomic mass is 10.1. The molecule has 0 radical (unpaired) electrons. The van der Waals surface area contributed by atoms with Crippen LogP contribution in [0.25, 0.3) is 16.3 Å². The molecule has 1 heterocycles. The first kappa shape index (κ1) is 14.3. The topological polar surface area (TPSA) is 60.5 Å². The molecule has 22 heavy (non-hydrogen) atoms. The van der Waals surface area contributed by atoms with Gasteiger partial charge in [0.2, 0.25) is 0 Å². The summed E-state index contributed by atoms with van der Waals surface area (Å²) in [6, 6.07) is 19.3. The summed E-state index contributed by atoms with van der Waals surface area (Å²) in [6.07, 6.45) is 1.80. The van der Waals surface area contributed by atoms with Gasteiger partial charge in [-0.1, -0.05) is 24.3 Å². The van der Waals surface area contributed by atoms with Crippen molar-refractivity contribution in [3.63, 3.8) is 0 Å². The van der Waals surface area contributed by atoms with Gasteiger partial charge in [0.25, 0.3) is 0 Å². The minimum Gasteiger partial charge on any atom is -0.229 e. The molecule has 0 saturated carbocycles. The number of hydrogen-bond donors (Lipinski definition) is 0. The molecule has 0 aliphatic rings. The Morgan fingerprint density at radius 1 is 1.09 bits per heavy atom. The second-order valence-corrected chi connectivity index (χ2v) is 6.72. The van der Waals surface area contributed by atoms with E-state index in [9.17, 15) is 5.26 Å². The molecule has 0 bridgehead atoms. The monoisotopic (exact) mass is 319 g/mol. The summed E-state index contributed by atoms with van der Waals surface area (Å²) in [5.41, 5.74) is 2.45. The van der Waals surface area contributed by atoms with Crippen molar-refractivity contribution in [3.05, 3.63) is 64.6 Å². The van der Waals surface area contributed by atoms with Gasteiger partial charge in [0.15, 0.2) is 4.34 Å². The third-order valence-corrected chi connectivity index (χ3v) is 4.95. The van der Waals surface area contributed by atoms with Crippen LogP contribution in [0.3, 0.4) is 0 Å². The summed E-state index contributed by atoms with van der Waals surface area (Å²) in [5, 5.41) is 18.1. The number of aromatic nitrogens is 1. The van der Waals surface area contributed by atoms with Crippen molar-refractivity contribution in [2.24, 2.45) is 0 Å². The van der Waals surface area contributed by atoms with Gasteiger partial charge >= 0.3 is 0 Å². The van der Waals surface area contributed by atoms with Crippen molar-refractivity contribution in [1.29, 1.82) is 10.5 Å². The lowest BCUT2D eigenvalue weighted by molar-refractivity contribution is 1.31. The van der Waals surface area contributed by atoms with Crippen molar-refractivity contribution >= 4 is 39.4 Å². The van der Waals surface area contributed by atoms with Crippen LogP contribution in [-0.2, 0) is 0 Å². The van der Waals surface area contributed by atoms with Gasteiger partial charge < -0.3 is 0 Å². The quantitative estimate of drug-likeness (QED) is 0.512. The normalized spacial score (nSPS) is 11.1. The Kier molecular flexibility index (Phi) is 4.20. The average molecular weight is 319 g/mol. The average Bonchev–Trinajstić information content (AvgIpc) is 2.97. The van der Waals surface area contributed by atoms with E-state index in [1.54, 1.807) is 29.5 Å². The Morgan fingerprint density at radius 2 is 1.86 bits per heavy atom. The highest BCUT2D eigenvalue weighted by Crippen LogP contribution is 2.34. The van der Waals surface area contributed by atoms with Gasteiger partial charge in [0.1, 0.15) is 6.07 Å². The highest BCUT2D eigenvalue weighted by molar-refractivity contribution is 8.05. The van der Waals surface area contributed by atoms with Gasteiger partial charge in [-0.2, -0.15) is 10.5 Å². The molecule has 0 aliphatic carbocycles. The first-order valence-electron chi connectivity index (χ1n) is 6.44. The molecule has 3 aromatic rings. The molecule has 0 unspecified atom stereocenters. The Morgan fingerprint density at radius 3 is 2.55 bits per heavy atom. The molecular weight excluding hydrogens is 310 g/mol. The lowest BCUT2D eigenvalue weighted by Crippen LogP contribution is -1.78. The maximum absolute atomic E-state index is 9.31. The van der Waals surface area contributed by atoms with Crippen LogP contribution >= 0.6 is 23.1 Å². The second-order valence-electron chi connectivity index (χ2n) is 4.40. The van der Waals surface area contributed by atoms with Crippen LogP contribution in [-0.4, -0.2) is 4.98 Å². The number of nitrogens with zero attached hydrogens (tertiary/aromatic N) is 3. The fraction of sp³-hybridized carbons (Fsp3) is 0. The maximum atomic E-state index is 9.31. The largest absolute Gasteiger partial charge is 0.229 e. The van der Waals surface area contributed by atoms with Gasteiger partial charge in [-0.3, -0.25) is 0 Å². The molecule has 5 heteroatoms. The number of para-hydroxylation sites is 1. The van der Waals surface area contributed by atoms with Crippen LogP contribution in [0.1, 0.15) is 11.1 Å². The molecule has 3 nitrogen and oxygen atoms in total. The van der Waals surface area contributed by atoms with Crippen molar-refractivity contribution < 1.29 is 0 Å². The van der Waals surface area contributed by atoms with E-state index < -0.39 is 0 Å².